The molecule has 0 unspecified atom stereocenters. The molecule has 2 fully saturated rings. The normalized spacial score (nSPS) is 22.4. The maximum atomic E-state index is 13.2. The summed E-state index contributed by atoms with van der Waals surface area (Å²) >= 11 is 0. The molecule has 3 N–H and O–H groups in total. The number of carbonyl (C=O) groups is 1. The second-order valence-electron chi connectivity index (χ2n) is 7.54. The minimum atomic E-state index is -0.239. The van der Waals surface area contributed by atoms with Crippen molar-refractivity contribution < 1.29 is 9.18 Å². The quantitative estimate of drug-likeness (QED) is 0.756. The predicted octanol–water partition coefficient (Wildman–Crippen LogP) is 2.38. The maximum absolute atomic E-state index is 13.2. The van der Waals surface area contributed by atoms with Crippen molar-refractivity contribution in [3.8, 4) is 0 Å². The van der Waals surface area contributed by atoms with E-state index in [2.05, 4.69) is 27.1 Å². The summed E-state index contributed by atoms with van der Waals surface area (Å²) in [5, 5.41) is 13.9. The first-order valence-electron chi connectivity index (χ1n) is 9.63. The zero-order chi connectivity index (χ0) is 18.8. The molecular weight excluding hydrogens is 345 g/mol. The summed E-state index contributed by atoms with van der Waals surface area (Å²) in [6.45, 7) is 2.04. The molecule has 27 heavy (non-hydrogen) atoms. The van der Waals surface area contributed by atoms with Gasteiger partial charge in [0.1, 0.15) is 5.82 Å². The van der Waals surface area contributed by atoms with Crippen LogP contribution in [0.5, 0.6) is 0 Å². The third-order valence-electron chi connectivity index (χ3n) is 5.52. The van der Waals surface area contributed by atoms with Gasteiger partial charge in [-0.1, -0.05) is 12.1 Å². The molecule has 6 nitrogen and oxygen atoms in total. The van der Waals surface area contributed by atoms with E-state index >= 15 is 0 Å². The number of carbonyl (C=O) groups excluding carboxylic acids is 1. The number of amides is 2. The summed E-state index contributed by atoms with van der Waals surface area (Å²) in [5.74, 6) is 0.538. The molecule has 1 aliphatic carbocycles. The van der Waals surface area contributed by atoms with Crippen molar-refractivity contribution in [2.24, 2.45) is 7.05 Å². The van der Waals surface area contributed by atoms with Crippen LogP contribution >= 0.6 is 0 Å². The van der Waals surface area contributed by atoms with E-state index in [9.17, 15) is 9.18 Å². The lowest BCUT2D eigenvalue weighted by Crippen LogP contribution is -2.52. The Balaban J connectivity index is 1.35. The van der Waals surface area contributed by atoms with Gasteiger partial charge in [-0.05, 0) is 49.6 Å². The Kier molecular flexibility index (Phi) is 5.11. The van der Waals surface area contributed by atoms with Crippen LogP contribution in [0, 0.1) is 5.82 Å². The molecule has 2 heterocycles. The molecule has 1 aromatic carbocycles. The SMILES string of the molecule is Cn1nc(C2CC2)cc1CNC(=O)N[C@@H]1CNCC[C@@H]1c1ccc(F)cc1. The summed E-state index contributed by atoms with van der Waals surface area (Å²) in [7, 11) is 1.91. The van der Waals surface area contributed by atoms with Gasteiger partial charge in [0, 0.05) is 31.5 Å². The molecule has 2 aromatic rings. The number of aromatic nitrogens is 2. The predicted molar refractivity (Wildman–Crippen MR) is 101 cm³/mol. The van der Waals surface area contributed by atoms with Gasteiger partial charge in [0.15, 0.2) is 0 Å². The van der Waals surface area contributed by atoms with Gasteiger partial charge in [-0.3, -0.25) is 4.68 Å². The fraction of sp³-hybridized carbons (Fsp3) is 0.500. The average Bonchev–Trinajstić information content (AvgIpc) is 3.45. The monoisotopic (exact) mass is 371 g/mol. The zero-order valence-corrected chi connectivity index (χ0v) is 15.5. The van der Waals surface area contributed by atoms with E-state index in [1.165, 1.54) is 25.0 Å². The summed E-state index contributed by atoms with van der Waals surface area (Å²) in [6.07, 6.45) is 3.33. The van der Waals surface area contributed by atoms with Crippen molar-refractivity contribution in [1.29, 1.82) is 0 Å². The van der Waals surface area contributed by atoms with Crippen molar-refractivity contribution in [1.82, 2.24) is 25.7 Å². The van der Waals surface area contributed by atoms with E-state index in [0.29, 0.717) is 19.0 Å². The summed E-state index contributed by atoms with van der Waals surface area (Å²) in [5.41, 5.74) is 3.19. The zero-order valence-electron chi connectivity index (χ0n) is 15.5. The van der Waals surface area contributed by atoms with Gasteiger partial charge in [0.2, 0.25) is 0 Å². The highest BCUT2D eigenvalue weighted by atomic mass is 19.1. The van der Waals surface area contributed by atoms with Crippen molar-refractivity contribution >= 4 is 6.03 Å². The number of halogens is 1. The number of hydrogen-bond acceptors (Lipinski definition) is 3. The van der Waals surface area contributed by atoms with Crippen molar-refractivity contribution in [3.05, 3.63) is 53.1 Å². The number of urea groups is 1. The van der Waals surface area contributed by atoms with Crippen LogP contribution in [0.25, 0.3) is 0 Å². The molecule has 2 atom stereocenters. The van der Waals surface area contributed by atoms with Crippen LogP contribution in [0.3, 0.4) is 0 Å². The Morgan fingerprint density at radius 2 is 2.07 bits per heavy atom. The van der Waals surface area contributed by atoms with Gasteiger partial charge in [-0.15, -0.1) is 0 Å². The highest BCUT2D eigenvalue weighted by Crippen LogP contribution is 2.39. The number of rotatable bonds is 5. The van der Waals surface area contributed by atoms with Gasteiger partial charge in [0.05, 0.1) is 17.9 Å². The molecule has 2 aliphatic rings. The molecule has 1 aliphatic heterocycles. The number of nitrogens with one attached hydrogen (secondary N) is 3. The lowest BCUT2D eigenvalue weighted by atomic mass is 9.86. The van der Waals surface area contributed by atoms with E-state index in [0.717, 1.165) is 29.9 Å². The van der Waals surface area contributed by atoms with Crippen molar-refractivity contribution in [3.63, 3.8) is 0 Å². The lowest BCUT2D eigenvalue weighted by Gasteiger charge is -2.33. The van der Waals surface area contributed by atoms with E-state index in [1.807, 2.05) is 23.9 Å². The van der Waals surface area contributed by atoms with Crippen LogP contribution in [0.1, 0.15) is 48.0 Å². The molecule has 1 saturated heterocycles. The molecule has 1 saturated carbocycles. The summed E-state index contributed by atoms with van der Waals surface area (Å²) < 4.78 is 15.1. The van der Waals surface area contributed by atoms with Crippen LogP contribution < -0.4 is 16.0 Å². The Labute approximate surface area is 158 Å². The number of nitrogens with zero attached hydrogens (tertiary/aromatic N) is 2. The van der Waals surface area contributed by atoms with Gasteiger partial charge in [-0.2, -0.15) is 5.10 Å². The third-order valence-corrected chi connectivity index (χ3v) is 5.52. The summed E-state index contributed by atoms with van der Waals surface area (Å²) in [6, 6.07) is 8.45. The molecule has 2 amide bonds. The van der Waals surface area contributed by atoms with Crippen LogP contribution in [0.2, 0.25) is 0 Å². The van der Waals surface area contributed by atoms with Crippen LogP contribution in [-0.2, 0) is 13.6 Å². The molecule has 7 heteroatoms. The van der Waals surface area contributed by atoms with Crippen molar-refractivity contribution in [2.45, 2.75) is 43.7 Å². The molecule has 0 spiro atoms. The van der Waals surface area contributed by atoms with Crippen LogP contribution in [0.4, 0.5) is 9.18 Å². The minimum Gasteiger partial charge on any atom is -0.334 e. The number of aryl methyl sites for hydroxylation is 1. The van der Waals surface area contributed by atoms with Crippen molar-refractivity contribution in [2.75, 3.05) is 13.1 Å². The Morgan fingerprint density at radius 1 is 1.30 bits per heavy atom. The average molecular weight is 371 g/mol. The molecule has 0 bridgehead atoms. The Bertz CT molecular complexity index is 799. The van der Waals surface area contributed by atoms with Gasteiger partial charge < -0.3 is 16.0 Å². The van der Waals surface area contributed by atoms with Gasteiger partial charge >= 0.3 is 6.03 Å². The number of piperidine rings is 1. The molecular formula is C20H26FN5O. The second kappa shape index (κ2) is 7.68. The maximum Gasteiger partial charge on any atom is 0.315 e. The first kappa shape index (κ1) is 18.0. The van der Waals surface area contributed by atoms with Gasteiger partial charge in [-0.25, -0.2) is 9.18 Å². The fourth-order valence-electron chi connectivity index (χ4n) is 3.78. The Hall–Kier alpha value is -2.41. The first-order chi connectivity index (χ1) is 13.1. The second-order valence-corrected chi connectivity index (χ2v) is 7.54. The van der Waals surface area contributed by atoms with E-state index < -0.39 is 0 Å². The summed E-state index contributed by atoms with van der Waals surface area (Å²) in [4.78, 5) is 12.4. The largest absolute Gasteiger partial charge is 0.334 e. The number of hydrogen-bond donors (Lipinski definition) is 3. The van der Waals surface area contributed by atoms with Crippen LogP contribution in [-0.4, -0.2) is 34.9 Å². The number of benzene rings is 1. The van der Waals surface area contributed by atoms with E-state index in [1.54, 1.807) is 0 Å². The smallest absolute Gasteiger partial charge is 0.315 e. The fourth-order valence-corrected chi connectivity index (χ4v) is 3.78. The minimum absolute atomic E-state index is 0.0298. The third kappa shape index (κ3) is 4.30. The van der Waals surface area contributed by atoms with E-state index in [-0.39, 0.29) is 23.8 Å². The Morgan fingerprint density at radius 3 is 2.81 bits per heavy atom. The van der Waals surface area contributed by atoms with E-state index in [4.69, 9.17) is 0 Å². The topological polar surface area (TPSA) is 71.0 Å². The van der Waals surface area contributed by atoms with Crippen LogP contribution in [0.15, 0.2) is 30.3 Å². The molecule has 1 aromatic heterocycles. The molecule has 0 radical (unpaired) electrons. The molecule has 4 rings (SSSR count). The highest BCUT2D eigenvalue weighted by molar-refractivity contribution is 5.74. The lowest BCUT2D eigenvalue weighted by molar-refractivity contribution is 0.230. The molecule has 144 valence electrons. The standard InChI is InChI=1S/C20H26FN5O/c1-26-16(10-18(25-26)14-2-3-14)11-23-20(27)24-19-12-22-9-8-17(19)13-4-6-15(21)7-5-13/h4-7,10,14,17,19,22H,2-3,8-9,11-12H2,1H3,(H2,23,24,27)/t17-,19-/m1/s1. The first-order valence-corrected chi connectivity index (χ1v) is 9.63. The van der Waals surface area contributed by atoms with Gasteiger partial charge in [0.25, 0.3) is 0 Å². The highest BCUT2D eigenvalue weighted by Gasteiger charge is 2.28.